The van der Waals surface area contributed by atoms with E-state index in [0.717, 1.165) is 0 Å². The van der Waals surface area contributed by atoms with Crippen LogP contribution in [0.5, 0.6) is 0 Å². The third-order valence-corrected chi connectivity index (χ3v) is 5.78. The van der Waals surface area contributed by atoms with Crippen molar-refractivity contribution in [2.24, 2.45) is 0 Å². The Morgan fingerprint density at radius 2 is 1.67 bits per heavy atom. The maximum Gasteiger partial charge on any atom is 0.335 e. The van der Waals surface area contributed by atoms with E-state index in [1.54, 1.807) is 0 Å². The van der Waals surface area contributed by atoms with Gasteiger partial charge in [-0.1, -0.05) is 0 Å². The minimum atomic E-state index is -2.86. The van der Waals surface area contributed by atoms with Gasteiger partial charge in [-0.05, 0) is 25.7 Å². The third-order valence-electron chi connectivity index (χ3n) is 4.06. The summed E-state index contributed by atoms with van der Waals surface area (Å²) in [5, 5.41) is 18.7. The van der Waals surface area contributed by atoms with Gasteiger partial charge in [-0.15, -0.1) is 0 Å². The zero-order valence-corrected chi connectivity index (χ0v) is 11.0. The van der Waals surface area contributed by atoms with Crippen molar-refractivity contribution in [3.8, 4) is 0 Å². The molecule has 2 rings (SSSR count). The summed E-state index contributed by atoms with van der Waals surface area (Å²) in [5.74, 6) is -0.720. The number of nitrogens with zero attached hydrogens (tertiary/aromatic N) is 1. The second-order valence-electron chi connectivity index (χ2n) is 5.26. The van der Waals surface area contributed by atoms with Gasteiger partial charge < -0.3 is 15.1 Å². The van der Waals surface area contributed by atoms with E-state index in [-0.39, 0.29) is 30.4 Å². The molecule has 2 aliphatic rings. The molecule has 2 aliphatic heterocycles. The molecule has 0 bridgehead atoms. The molecule has 18 heavy (non-hydrogen) atoms. The van der Waals surface area contributed by atoms with Gasteiger partial charge in [-0.2, -0.15) is 0 Å². The Morgan fingerprint density at radius 3 is 2.11 bits per heavy atom. The van der Waals surface area contributed by atoms with Gasteiger partial charge in [0.2, 0.25) is 0 Å². The van der Waals surface area contributed by atoms with Crippen molar-refractivity contribution in [1.82, 2.24) is 4.90 Å². The fourth-order valence-electron chi connectivity index (χ4n) is 2.72. The number of hydrogen-bond donors (Lipinski definition) is 2. The summed E-state index contributed by atoms with van der Waals surface area (Å²) in [7, 11) is -2.86. The number of likely N-dealkylation sites (tertiary alicyclic amines) is 1. The second-order valence-corrected chi connectivity index (χ2v) is 7.56. The van der Waals surface area contributed by atoms with Crippen LogP contribution in [0.15, 0.2) is 0 Å². The summed E-state index contributed by atoms with van der Waals surface area (Å²) in [4.78, 5) is 13.0. The van der Waals surface area contributed by atoms with Crippen LogP contribution in [-0.2, 0) is 14.6 Å². The molecule has 2 N–H and O–H groups in total. The second kappa shape index (κ2) is 4.79. The maximum atomic E-state index is 11.3. The maximum absolute atomic E-state index is 11.3. The van der Waals surface area contributed by atoms with Crippen LogP contribution < -0.4 is 0 Å². The van der Waals surface area contributed by atoms with Gasteiger partial charge in [0, 0.05) is 19.1 Å². The molecule has 0 aromatic carbocycles. The van der Waals surface area contributed by atoms with E-state index >= 15 is 0 Å². The average molecular weight is 277 g/mol. The summed E-state index contributed by atoms with van der Waals surface area (Å²) in [6.45, 7) is 1.04. The molecule has 0 aromatic rings. The predicted octanol–water partition coefficient (Wildman–Crippen LogP) is -0.525. The lowest BCUT2D eigenvalue weighted by Crippen LogP contribution is -2.53. The first-order valence-electron chi connectivity index (χ1n) is 6.23. The van der Waals surface area contributed by atoms with Crippen molar-refractivity contribution in [2.45, 2.75) is 37.3 Å². The highest BCUT2D eigenvalue weighted by atomic mass is 32.2. The molecule has 0 saturated carbocycles. The Morgan fingerprint density at radius 1 is 1.17 bits per heavy atom. The number of hydrogen-bond acceptors (Lipinski definition) is 5. The lowest BCUT2D eigenvalue weighted by molar-refractivity contribution is -0.164. The topological polar surface area (TPSA) is 94.9 Å². The number of piperidine rings is 1. The number of sulfone groups is 1. The Hall–Kier alpha value is -0.660. The van der Waals surface area contributed by atoms with Crippen LogP contribution in [0.3, 0.4) is 0 Å². The van der Waals surface area contributed by atoms with Crippen molar-refractivity contribution >= 4 is 15.8 Å². The molecule has 7 heteroatoms. The standard InChI is InChI=1S/C11H19NO5S/c13-10(14)11(15)3-5-12(6-4-11)9-1-7-18(16,17)8-2-9/h9,15H,1-8H2,(H,13,14). The molecule has 0 spiro atoms. The first kappa shape index (κ1) is 13.8. The minimum Gasteiger partial charge on any atom is -0.479 e. The summed E-state index contributed by atoms with van der Waals surface area (Å²) in [5.41, 5.74) is -1.60. The van der Waals surface area contributed by atoms with Crippen molar-refractivity contribution < 1.29 is 23.4 Å². The molecule has 6 nitrogen and oxygen atoms in total. The lowest BCUT2D eigenvalue weighted by Gasteiger charge is -2.41. The smallest absolute Gasteiger partial charge is 0.335 e. The SMILES string of the molecule is O=C(O)C1(O)CCN(C2CCS(=O)(=O)CC2)CC1. The number of carboxylic acid groups (broad SMARTS) is 1. The zero-order chi connectivity index (χ0) is 13.4. The molecule has 0 amide bonds. The van der Waals surface area contributed by atoms with Crippen LogP contribution >= 0.6 is 0 Å². The molecule has 104 valence electrons. The summed E-state index contributed by atoms with van der Waals surface area (Å²) < 4.78 is 22.7. The van der Waals surface area contributed by atoms with Crippen molar-refractivity contribution in [3.63, 3.8) is 0 Å². The molecular formula is C11H19NO5S. The zero-order valence-electron chi connectivity index (χ0n) is 10.2. The Kier molecular flexibility index (Phi) is 3.66. The van der Waals surface area contributed by atoms with Crippen molar-refractivity contribution in [1.29, 1.82) is 0 Å². The van der Waals surface area contributed by atoms with Gasteiger partial charge in [0.1, 0.15) is 9.84 Å². The Bertz CT molecular complexity index is 411. The molecule has 2 heterocycles. The molecule has 0 aromatic heterocycles. The normalized spacial score (nSPS) is 28.9. The number of carbonyl (C=O) groups is 1. The molecule has 0 radical (unpaired) electrons. The van der Waals surface area contributed by atoms with Gasteiger partial charge in [0.15, 0.2) is 5.60 Å². The van der Waals surface area contributed by atoms with E-state index < -0.39 is 21.4 Å². The molecule has 2 saturated heterocycles. The summed E-state index contributed by atoms with van der Waals surface area (Å²) in [6, 6.07) is 0.215. The van der Waals surface area contributed by atoms with Crippen molar-refractivity contribution in [3.05, 3.63) is 0 Å². The first-order valence-corrected chi connectivity index (χ1v) is 8.05. The largest absolute Gasteiger partial charge is 0.479 e. The Labute approximate surface area is 107 Å². The molecular weight excluding hydrogens is 258 g/mol. The van der Waals surface area contributed by atoms with Crippen molar-refractivity contribution in [2.75, 3.05) is 24.6 Å². The van der Waals surface area contributed by atoms with E-state index in [1.165, 1.54) is 0 Å². The van der Waals surface area contributed by atoms with Gasteiger partial charge in [0.25, 0.3) is 0 Å². The highest BCUT2D eigenvalue weighted by molar-refractivity contribution is 7.91. The lowest BCUT2D eigenvalue weighted by atomic mass is 9.90. The average Bonchev–Trinajstić information content (AvgIpc) is 2.30. The van der Waals surface area contributed by atoms with Gasteiger partial charge in [0.05, 0.1) is 11.5 Å². The fourth-order valence-corrected chi connectivity index (χ4v) is 4.18. The minimum absolute atomic E-state index is 0.214. The number of carboxylic acids is 1. The van der Waals surface area contributed by atoms with E-state index in [0.29, 0.717) is 25.9 Å². The van der Waals surface area contributed by atoms with Gasteiger partial charge in [-0.25, -0.2) is 13.2 Å². The Balaban J connectivity index is 1.89. The number of rotatable bonds is 2. The van der Waals surface area contributed by atoms with Crippen LogP contribution in [0, 0.1) is 0 Å². The van der Waals surface area contributed by atoms with E-state index in [1.807, 2.05) is 0 Å². The van der Waals surface area contributed by atoms with E-state index in [4.69, 9.17) is 5.11 Å². The van der Waals surface area contributed by atoms with Crippen LogP contribution in [0.2, 0.25) is 0 Å². The number of aliphatic hydroxyl groups is 1. The van der Waals surface area contributed by atoms with E-state index in [2.05, 4.69) is 4.90 Å². The molecule has 2 fully saturated rings. The highest BCUT2D eigenvalue weighted by Crippen LogP contribution is 2.27. The van der Waals surface area contributed by atoms with Crippen LogP contribution in [-0.4, -0.2) is 65.7 Å². The molecule has 0 atom stereocenters. The molecule has 0 unspecified atom stereocenters. The van der Waals surface area contributed by atoms with E-state index in [9.17, 15) is 18.3 Å². The first-order chi connectivity index (χ1) is 8.32. The predicted molar refractivity (Wildman–Crippen MR) is 65.1 cm³/mol. The van der Waals surface area contributed by atoms with Gasteiger partial charge >= 0.3 is 5.97 Å². The monoisotopic (exact) mass is 277 g/mol. The van der Waals surface area contributed by atoms with Crippen LogP contribution in [0.4, 0.5) is 0 Å². The molecule has 0 aliphatic carbocycles. The third kappa shape index (κ3) is 2.84. The van der Waals surface area contributed by atoms with Crippen LogP contribution in [0.25, 0.3) is 0 Å². The van der Waals surface area contributed by atoms with Crippen LogP contribution in [0.1, 0.15) is 25.7 Å². The van der Waals surface area contributed by atoms with Gasteiger partial charge in [-0.3, -0.25) is 0 Å². The summed E-state index contributed by atoms with van der Waals surface area (Å²) in [6.07, 6.45) is 1.67. The fraction of sp³-hybridized carbons (Fsp3) is 0.909. The summed E-state index contributed by atoms with van der Waals surface area (Å²) >= 11 is 0. The highest BCUT2D eigenvalue weighted by Gasteiger charge is 2.41. The number of aliphatic carboxylic acids is 1. The quantitative estimate of drug-likeness (QED) is 0.705.